The molecule has 12 nitrogen and oxygen atoms in total. The van der Waals surface area contributed by atoms with Gasteiger partial charge in [0.05, 0.1) is 6.04 Å². The van der Waals surface area contributed by atoms with Crippen molar-refractivity contribution in [3.63, 3.8) is 0 Å². The highest BCUT2D eigenvalue weighted by Gasteiger charge is 2.30. The van der Waals surface area contributed by atoms with Crippen molar-refractivity contribution >= 4 is 29.7 Å². The van der Waals surface area contributed by atoms with Crippen LogP contribution in [-0.4, -0.2) is 59.4 Å². The van der Waals surface area contributed by atoms with Crippen molar-refractivity contribution in [2.45, 2.75) is 64.1 Å². The maximum absolute atomic E-state index is 12.6. The summed E-state index contributed by atoms with van der Waals surface area (Å²) >= 11 is 0. The molecule has 0 heterocycles. The summed E-state index contributed by atoms with van der Waals surface area (Å²) in [4.78, 5) is 51.0. The van der Waals surface area contributed by atoms with E-state index in [1.54, 1.807) is 13.8 Å². The van der Waals surface area contributed by atoms with Gasteiger partial charge in [-0.15, -0.1) is 0 Å². The Labute approximate surface area is 169 Å². The number of nitrogens with one attached hydrogen (secondary N) is 2. The molecule has 0 bridgehead atoms. The zero-order valence-corrected chi connectivity index (χ0v) is 16.9. The van der Waals surface area contributed by atoms with E-state index < -0.39 is 41.8 Å². The molecule has 0 saturated carbocycles. The van der Waals surface area contributed by atoms with E-state index in [4.69, 9.17) is 22.9 Å². The van der Waals surface area contributed by atoms with Crippen LogP contribution in [-0.2, 0) is 19.2 Å². The first-order chi connectivity index (χ1) is 13.5. The summed E-state index contributed by atoms with van der Waals surface area (Å²) in [5.74, 6) is -3.49. The third kappa shape index (κ3) is 10.9. The number of nitrogens with two attached hydrogens (primary N) is 4. The molecule has 0 unspecified atom stereocenters. The van der Waals surface area contributed by atoms with Gasteiger partial charge in [-0.2, -0.15) is 0 Å². The van der Waals surface area contributed by atoms with Crippen LogP contribution in [0.4, 0.5) is 0 Å². The second-order valence-electron chi connectivity index (χ2n) is 6.83. The zero-order valence-electron chi connectivity index (χ0n) is 16.9. The lowest BCUT2D eigenvalue weighted by molar-refractivity contribution is -0.143. The average Bonchev–Trinajstić information content (AvgIpc) is 2.64. The highest BCUT2D eigenvalue weighted by molar-refractivity contribution is 5.92. The Hall–Kier alpha value is -2.89. The molecule has 0 rings (SSSR count). The minimum absolute atomic E-state index is 0.0220. The Balaban J connectivity index is 5.17. The number of carbonyl (C=O) groups excluding carboxylic acids is 3. The third-order valence-electron chi connectivity index (χ3n) is 4.39. The van der Waals surface area contributed by atoms with Gasteiger partial charge in [0.15, 0.2) is 5.96 Å². The van der Waals surface area contributed by atoms with Crippen LogP contribution < -0.4 is 33.6 Å². The Morgan fingerprint density at radius 1 is 1.03 bits per heavy atom. The van der Waals surface area contributed by atoms with Crippen LogP contribution in [0.2, 0.25) is 0 Å². The smallest absolute Gasteiger partial charge is 0.326 e. The monoisotopic (exact) mass is 415 g/mol. The molecule has 166 valence electrons. The molecule has 12 heteroatoms. The van der Waals surface area contributed by atoms with Gasteiger partial charge in [0.25, 0.3) is 0 Å². The summed E-state index contributed by atoms with van der Waals surface area (Å²) in [6.07, 6.45) is 0.994. The molecule has 0 fully saturated rings. The van der Waals surface area contributed by atoms with Crippen LogP contribution in [0, 0.1) is 5.92 Å². The number of carbonyl (C=O) groups is 4. The summed E-state index contributed by atoms with van der Waals surface area (Å²) in [5, 5.41) is 14.3. The Morgan fingerprint density at radius 2 is 1.66 bits per heavy atom. The van der Waals surface area contributed by atoms with Gasteiger partial charge in [-0.1, -0.05) is 20.3 Å². The SMILES string of the molecule is CC[C@H](C)[C@H](NC(=O)[C@H](CCCN=C(N)N)NC(=O)[C@@H](N)CCC(N)=O)C(=O)O. The minimum atomic E-state index is -1.17. The largest absolute Gasteiger partial charge is 0.480 e. The number of aliphatic carboxylic acids is 1. The van der Waals surface area contributed by atoms with E-state index in [1.165, 1.54) is 0 Å². The molecule has 0 aliphatic carbocycles. The molecule has 4 atom stereocenters. The van der Waals surface area contributed by atoms with Gasteiger partial charge in [-0.3, -0.25) is 19.4 Å². The minimum Gasteiger partial charge on any atom is -0.480 e. The fourth-order valence-electron chi connectivity index (χ4n) is 2.42. The van der Waals surface area contributed by atoms with E-state index in [0.29, 0.717) is 12.8 Å². The summed E-state index contributed by atoms with van der Waals surface area (Å²) in [5.41, 5.74) is 21.3. The van der Waals surface area contributed by atoms with Crippen molar-refractivity contribution in [3.05, 3.63) is 0 Å². The van der Waals surface area contributed by atoms with Gasteiger partial charge in [0.2, 0.25) is 17.7 Å². The lowest BCUT2D eigenvalue weighted by Gasteiger charge is -2.25. The van der Waals surface area contributed by atoms with Crippen molar-refractivity contribution < 1.29 is 24.3 Å². The highest BCUT2D eigenvalue weighted by Crippen LogP contribution is 2.09. The van der Waals surface area contributed by atoms with Crippen LogP contribution in [0.1, 0.15) is 46.0 Å². The van der Waals surface area contributed by atoms with E-state index in [1.807, 2.05) is 0 Å². The number of amides is 3. The molecule has 11 N–H and O–H groups in total. The first-order valence-electron chi connectivity index (χ1n) is 9.42. The molecule has 0 saturated heterocycles. The second-order valence-corrected chi connectivity index (χ2v) is 6.83. The fourth-order valence-corrected chi connectivity index (χ4v) is 2.42. The summed E-state index contributed by atoms with van der Waals surface area (Å²) < 4.78 is 0. The predicted molar refractivity (Wildman–Crippen MR) is 107 cm³/mol. The highest BCUT2D eigenvalue weighted by atomic mass is 16.4. The Morgan fingerprint density at radius 3 is 2.14 bits per heavy atom. The van der Waals surface area contributed by atoms with Gasteiger partial charge >= 0.3 is 5.97 Å². The number of primary amides is 1. The summed E-state index contributed by atoms with van der Waals surface area (Å²) in [6.45, 7) is 3.73. The van der Waals surface area contributed by atoms with Crippen LogP contribution in [0.25, 0.3) is 0 Å². The standard InChI is InChI=1S/C17H33N7O5/c1-3-9(2)13(16(28)29)24-15(27)11(5-4-8-22-17(20)21)23-14(26)10(18)6-7-12(19)25/h9-11,13H,3-8,18H2,1-2H3,(H2,19,25)(H,23,26)(H,24,27)(H,28,29)(H4,20,21,22)/t9-,10-,11-,13-/m0/s1. The normalized spacial score (nSPS) is 14.7. The number of hydrogen-bond acceptors (Lipinski definition) is 6. The third-order valence-corrected chi connectivity index (χ3v) is 4.39. The van der Waals surface area contributed by atoms with E-state index >= 15 is 0 Å². The van der Waals surface area contributed by atoms with Crippen molar-refractivity contribution in [2.75, 3.05) is 6.54 Å². The molecule has 3 amide bonds. The number of hydrogen-bond donors (Lipinski definition) is 7. The topological polar surface area (TPSA) is 229 Å². The summed E-state index contributed by atoms with van der Waals surface area (Å²) in [7, 11) is 0. The van der Waals surface area contributed by atoms with Crippen molar-refractivity contribution in [1.29, 1.82) is 0 Å². The predicted octanol–water partition coefficient (Wildman–Crippen LogP) is -2.27. The van der Waals surface area contributed by atoms with Gasteiger partial charge in [0, 0.05) is 13.0 Å². The molecule has 29 heavy (non-hydrogen) atoms. The maximum atomic E-state index is 12.6. The first-order valence-corrected chi connectivity index (χ1v) is 9.42. The van der Waals surface area contributed by atoms with Crippen LogP contribution in [0.3, 0.4) is 0 Å². The van der Waals surface area contributed by atoms with Gasteiger partial charge < -0.3 is 38.7 Å². The molecular formula is C17H33N7O5. The van der Waals surface area contributed by atoms with Gasteiger partial charge in [-0.25, -0.2) is 4.79 Å². The Bertz CT molecular complexity index is 607. The lowest BCUT2D eigenvalue weighted by atomic mass is 9.98. The lowest BCUT2D eigenvalue weighted by Crippen LogP contribution is -2.55. The van der Waals surface area contributed by atoms with Crippen LogP contribution >= 0.6 is 0 Å². The van der Waals surface area contributed by atoms with Crippen LogP contribution in [0.15, 0.2) is 4.99 Å². The number of guanidine groups is 1. The van der Waals surface area contributed by atoms with Gasteiger partial charge in [-0.05, 0) is 25.2 Å². The van der Waals surface area contributed by atoms with Crippen molar-refractivity contribution in [2.24, 2.45) is 33.8 Å². The van der Waals surface area contributed by atoms with Crippen molar-refractivity contribution in [3.8, 4) is 0 Å². The first kappa shape index (κ1) is 26.1. The number of nitrogens with zero attached hydrogens (tertiary/aromatic N) is 1. The molecule has 0 radical (unpaired) electrons. The quantitative estimate of drug-likeness (QED) is 0.0926. The molecule has 0 aliphatic heterocycles. The molecule has 0 spiro atoms. The molecule has 0 aromatic carbocycles. The van der Waals surface area contributed by atoms with Crippen molar-refractivity contribution in [1.82, 2.24) is 10.6 Å². The van der Waals surface area contributed by atoms with E-state index in [9.17, 15) is 24.3 Å². The maximum Gasteiger partial charge on any atom is 0.326 e. The molecule has 0 aromatic heterocycles. The average molecular weight is 415 g/mol. The van der Waals surface area contributed by atoms with Gasteiger partial charge in [0.1, 0.15) is 12.1 Å². The molecular weight excluding hydrogens is 382 g/mol. The number of carboxylic acids is 1. The van der Waals surface area contributed by atoms with E-state index in [-0.39, 0.29) is 37.7 Å². The van der Waals surface area contributed by atoms with E-state index in [0.717, 1.165) is 0 Å². The zero-order chi connectivity index (χ0) is 22.6. The summed E-state index contributed by atoms with van der Waals surface area (Å²) in [6, 6.07) is -3.18. The molecule has 0 aromatic rings. The number of rotatable bonds is 14. The number of carboxylic acid groups (broad SMARTS) is 1. The van der Waals surface area contributed by atoms with Crippen LogP contribution in [0.5, 0.6) is 0 Å². The molecule has 0 aliphatic rings. The fraction of sp³-hybridized carbons (Fsp3) is 0.706. The Kier molecular flexibility index (Phi) is 12.0. The second kappa shape index (κ2) is 13.3. The number of aliphatic imine (C=N–C) groups is 1. The van der Waals surface area contributed by atoms with E-state index in [2.05, 4.69) is 15.6 Å².